The first-order chi connectivity index (χ1) is 10.6. The number of carbonyl (C=O) groups is 2. The van der Waals surface area contributed by atoms with Gasteiger partial charge >= 0.3 is 0 Å². The number of benzene rings is 1. The van der Waals surface area contributed by atoms with Gasteiger partial charge in [-0.15, -0.1) is 0 Å². The lowest BCUT2D eigenvalue weighted by Crippen LogP contribution is -2.41. The Morgan fingerprint density at radius 2 is 2.09 bits per heavy atom. The van der Waals surface area contributed by atoms with Crippen molar-refractivity contribution in [3.05, 3.63) is 54.0 Å². The first-order valence-electron chi connectivity index (χ1n) is 6.83. The van der Waals surface area contributed by atoms with Crippen LogP contribution in [0.2, 0.25) is 0 Å². The normalized spacial score (nSPS) is 11.7. The molecule has 0 bridgehead atoms. The Balaban J connectivity index is 1.93. The summed E-state index contributed by atoms with van der Waals surface area (Å²) in [5, 5.41) is 5.32. The molecule has 0 aliphatic carbocycles. The lowest BCUT2D eigenvalue weighted by Gasteiger charge is -2.14. The number of hydrogen-bond donors (Lipinski definition) is 2. The first-order valence-corrected chi connectivity index (χ1v) is 6.83. The van der Waals surface area contributed by atoms with Gasteiger partial charge < -0.3 is 19.8 Å². The smallest absolute Gasteiger partial charge is 0.287 e. The average Bonchev–Trinajstić information content (AvgIpc) is 3.02. The molecule has 0 radical (unpaired) electrons. The Hall–Kier alpha value is -2.60. The molecular weight excluding hydrogens is 284 g/mol. The molecule has 0 saturated heterocycles. The lowest BCUT2D eigenvalue weighted by atomic mass is 10.2. The highest BCUT2D eigenvalue weighted by atomic mass is 16.5. The van der Waals surface area contributed by atoms with E-state index in [4.69, 9.17) is 9.15 Å². The monoisotopic (exact) mass is 302 g/mol. The SMILES string of the molecule is COCc1cccc(NC(=O)C(C)NC(=O)c2ccco2)c1. The van der Waals surface area contributed by atoms with Gasteiger partial charge in [0.25, 0.3) is 5.91 Å². The molecule has 0 spiro atoms. The van der Waals surface area contributed by atoms with Crippen LogP contribution in [0.3, 0.4) is 0 Å². The highest BCUT2D eigenvalue weighted by Gasteiger charge is 2.18. The molecule has 6 heteroatoms. The molecule has 1 atom stereocenters. The molecule has 2 N–H and O–H groups in total. The van der Waals surface area contributed by atoms with Gasteiger partial charge in [-0.05, 0) is 36.8 Å². The van der Waals surface area contributed by atoms with E-state index in [2.05, 4.69) is 10.6 Å². The van der Waals surface area contributed by atoms with E-state index in [1.54, 1.807) is 26.2 Å². The van der Waals surface area contributed by atoms with E-state index in [0.717, 1.165) is 5.56 Å². The van der Waals surface area contributed by atoms with Crippen molar-refractivity contribution in [2.24, 2.45) is 0 Å². The summed E-state index contributed by atoms with van der Waals surface area (Å²) in [6.07, 6.45) is 1.40. The lowest BCUT2D eigenvalue weighted by molar-refractivity contribution is -0.117. The van der Waals surface area contributed by atoms with Crippen LogP contribution in [0.5, 0.6) is 0 Å². The van der Waals surface area contributed by atoms with Crippen LogP contribution in [0.1, 0.15) is 23.0 Å². The fraction of sp³-hybridized carbons (Fsp3) is 0.250. The molecule has 116 valence electrons. The van der Waals surface area contributed by atoms with E-state index < -0.39 is 11.9 Å². The predicted octanol–water partition coefficient (Wildman–Crippen LogP) is 2.18. The van der Waals surface area contributed by atoms with Gasteiger partial charge in [0.05, 0.1) is 12.9 Å². The van der Waals surface area contributed by atoms with Crippen molar-refractivity contribution < 1.29 is 18.7 Å². The molecular formula is C16H18N2O4. The zero-order chi connectivity index (χ0) is 15.9. The number of furan rings is 1. The molecule has 1 unspecified atom stereocenters. The van der Waals surface area contributed by atoms with Crippen LogP contribution in [0.15, 0.2) is 47.1 Å². The minimum absolute atomic E-state index is 0.168. The third-order valence-corrected chi connectivity index (χ3v) is 2.99. The van der Waals surface area contributed by atoms with Gasteiger partial charge in [0.1, 0.15) is 6.04 Å². The van der Waals surface area contributed by atoms with Gasteiger partial charge in [-0.25, -0.2) is 0 Å². The number of nitrogens with one attached hydrogen (secondary N) is 2. The number of methoxy groups -OCH3 is 1. The predicted molar refractivity (Wildman–Crippen MR) is 81.4 cm³/mol. The maximum absolute atomic E-state index is 12.1. The Bertz CT molecular complexity index is 637. The number of ether oxygens (including phenoxy) is 1. The fourth-order valence-corrected chi connectivity index (χ4v) is 1.90. The van der Waals surface area contributed by atoms with Crippen LogP contribution in [0, 0.1) is 0 Å². The molecule has 0 fully saturated rings. The van der Waals surface area contributed by atoms with Crippen LogP contribution in [0.25, 0.3) is 0 Å². The minimum Gasteiger partial charge on any atom is -0.459 e. The molecule has 0 aliphatic rings. The summed E-state index contributed by atoms with van der Waals surface area (Å²) in [6.45, 7) is 2.07. The molecule has 2 rings (SSSR count). The molecule has 6 nitrogen and oxygen atoms in total. The number of rotatable bonds is 6. The van der Waals surface area contributed by atoms with E-state index >= 15 is 0 Å². The molecule has 22 heavy (non-hydrogen) atoms. The summed E-state index contributed by atoms with van der Waals surface area (Å²) >= 11 is 0. The van der Waals surface area contributed by atoms with Crippen molar-refractivity contribution in [2.45, 2.75) is 19.6 Å². The maximum Gasteiger partial charge on any atom is 0.287 e. The number of carbonyl (C=O) groups excluding carboxylic acids is 2. The van der Waals surface area contributed by atoms with E-state index in [0.29, 0.717) is 12.3 Å². The number of anilines is 1. The molecule has 0 aliphatic heterocycles. The van der Waals surface area contributed by atoms with Gasteiger partial charge in [0, 0.05) is 12.8 Å². The topological polar surface area (TPSA) is 80.6 Å². The van der Waals surface area contributed by atoms with Crippen LogP contribution < -0.4 is 10.6 Å². The van der Waals surface area contributed by atoms with Crippen LogP contribution in [-0.2, 0) is 16.1 Å². The third-order valence-electron chi connectivity index (χ3n) is 2.99. The van der Waals surface area contributed by atoms with Crippen molar-refractivity contribution in [3.8, 4) is 0 Å². The maximum atomic E-state index is 12.1. The number of hydrogen-bond acceptors (Lipinski definition) is 4. The van der Waals surface area contributed by atoms with E-state index in [-0.39, 0.29) is 11.7 Å². The largest absolute Gasteiger partial charge is 0.459 e. The summed E-state index contributed by atoms with van der Waals surface area (Å²) in [5.74, 6) is -0.572. The summed E-state index contributed by atoms with van der Waals surface area (Å²) in [4.78, 5) is 23.9. The van der Waals surface area contributed by atoms with Gasteiger partial charge in [0.2, 0.25) is 5.91 Å². The van der Waals surface area contributed by atoms with Crippen LogP contribution in [-0.4, -0.2) is 25.0 Å². The summed E-state index contributed by atoms with van der Waals surface area (Å²) in [6, 6.07) is 9.79. The van der Waals surface area contributed by atoms with Crippen molar-refractivity contribution in [2.75, 3.05) is 12.4 Å². The highest BCUT2D eigenvalue weighted by molar-refractivity contribution is 5.99. The number of amides is 2. The van der Waals surface area contributed by atoms with Crippen LogP contribution >= 0.6 is 0 Å². The molecule has 0 saturated carbocycles. The van der Waals surface area contributed by atoms with Gasteiger partial charge in [-0.3, -0.25) is 9.59 Å². The Morgan fingerprint density at radius 3 is 2.77 bits per heavy atom. The molecule has 2 aromatic rings. The average molecular weight is 302 g/mol. The van der Waals surface area contributed by atoms with Crippen molar-refractivity contribution >= 4 is 17.5 Å². The fourth-order valence-electron chi connectivity index (χ4n) is 1.90. The van der Waals surface area contributed by atoms with Crippen molar-refractivity contribution in [1.82, 2.24) is 5.32 Å². The summed E-state index contributed by atoms with van der Waals surface area (Å²) in [7, 11) is 1.61. The van der Waals surface area contributed by atoms with Crippen molar-refractivity contribution in [3.63, 3.8) is 0 Å². The zero-order valence-electron chi connectivity index (χ0n) is 12.5. The van der Waals surface area contributed by atoms with Gasteiger partial charge in [-0.2, -0.15) is 0 Å². The highest BCUT2D eigenvalue weighted by Crippen LogP contribution is 2.12. The zero-order valence-corrected chi connectivity index (χ0v) is 12.5. The summed E-state index contributed by atoms with van der Waals surface area (Å²) in [5.41, 5.74) is 1.60. The van der Waals surface area contributed by atoms with Crippen molar-refractivity contribution in [1.29, 1.82) is 0 Å². The Labute approximate surface area is 128 Å². The van der Waals surface area contributed by atoms with Crippen LogP contribution in [0.4, 0.5) is 5.69 Å². The quantitative estimate of drug-likeness (QED) is 0.857. The first kappa shape index (κ1) is 15.8. The van der Waals surface area contributed by atoms with E-state index in [1.165, 1.54) is 12.3 Å². The molecule has 1 aromatic carbocycles. The molecule has 1 aromatic heterocycles. The van der Waals surface area contributed by atoms with Gasteiger partial charge in [0.15, 0.2) is 5.76 Å². The second-order valence-corrected chi connectivity index (χ2v) is 4.80. The standard InChI is InChI=1S/C16H18N2O4/c1-11(17-16(20)14-7-4-8-22-14)15(19)18-13-6-3-5-12(9-13)10-21-2/h3-9,11H,10H2,1-2H3,(H,17,20)(H,18,19). The van der Waals surface area contributed by atoms with E-state index in [1.807, 2.05) is 18.2 Å². The summed E-state index contributed by atoms with van der Waals surface area (Å²) < 4.78 is 10.0. The molecule has 2 amide bonds. The third kappa shape index (κ3) is 4.20. The van der Waals surface area contributed by atoms with Gasteiger partial charge in [-0.1, -0.05) is 12.1 Å². The second kappa shape index (κ2) is 7.42. The Kier molecular flexibility index (Phi) is 5.32. The Morgan fingerprint density at radius 1 is 1.27 bits per heavy atom. The second-order valence-electron chi connectivity index (χ2n) is 4.80. The molecule has 1 heterocycles. The van der Waals surface area contributed by atoms with E-state index in [9.17, 15) is 9.59 Å². The minimum atomic E-state index is -0.691.